The van der Waals surface area contributed by atoms with Gasteiger partial charge in [0.15, 0.2) is 0 Å². The number of H-pyrrole nitrogens is 1. The fraction of sp³-hybridized carbons (Fsp3) is 0.471. The summed E-state index contributed by atoms with van der Waals surface area (Å²) in [6.45, 7) is 6.81. The smallest absolute Gasteiger partial charge is 0.227 e. The number of carbonyl (C=O) groups is 1. The zero-order valence-corrected chi connectivity index (χ0v) is 13.3. The zero-order valence-electron chi connectivity index (χ0n) is 13.3. The molecule has 1 N–H and O–H groups in total. The average molecular weight is 301 g/mol. The second-order valence-electron chi connectivity index (χ2n) is 5.69. The van der Waals surface area contributed by atoms with Crippen LogP contribution in [-0.4, -0.2) is 60.5 Å². The molecular formula is C17H23N3O2. The highest BCUT2D eigenvalue weighted by Crippen LogP contribution is 2.29. The van der Waals surface area contributed by atoms with Crippen LogP contribution in [0.5, 0.6) is 5.75 Å². The molecule has 2 aromatic rings. The van der Waals surface area contributed by atoms with Gasteiger partial charge in [0.25, 0.3) is 0 Å². The van der Waals surface area contributed by atoms with Gasteiger partial charge in [0.1, 0.15) is 5.75 Å². The summed E-state index contributed by atoms with van der Waals surface area (Å²) in [4.78, 5) is 20.1. The van der Waals surface area contributed by atoms with Crippen LogP contribution in [0.4, 0.5) is 0 Å². The number of ether oxygens (including phenoxy) is 1. The van der Waals surface area contributed by atoms with E-state index < -0.39 is 0 Å². The Morgan fingerprint density at radius 1 is 1.27 bits per heavy atom. The van der Waals surface area contributed by atoms with Crippen LogP contribution in [0, 0.1) is 0 Å². The first-order chi connectivity index (χ1) is 10.7. The lowest BCUT2D eigenvalue weighted by Crippen LogP contribution is -2.48. The monoisotopic (exact) mass is 301 g/mol. The lowest BCUT2D eigenvalue weighted by atomic mass is 10.1. The molecule has 0 spiro atoms. The molecule has 1 saturated heterocycles. The fourth-order valence-electron chi connectivity index (χ4n) is 3.12. The van der Waals surface area contributed by atoms with E-state index in [-0.39, 0.29) is 5.91 Å². The van der Waals surface area contributed by atoms with Crippen molar-refractivity contribution in [1.82, 2.24) is 14.8 Å². The molecule has 0 unspecified atom stereocenters. The summed E-state index contributed by atoms with van der Waals surface area (Å²) in [5.74, 6) is 1.01. The van der Waals surface area contributed by atoms with Crippen molar-refractivity contribution in [2.45, 2.75) is 13.3 Å². The maximum Gasteiger partial charge on any atom is 0.227 e. The van der Waals surface area contributed by atoms with E-state index >= 15 is 0 Å². The molecule has 5 heteroatoms. The van der Waals surface area contributed by atoms with Gasteiger partial charge in [0.2, 0.25) is 5.91 Å². The number of hydrogen-bond donors (Lipinski definition) is 1. The summed E-state index contributed by atoms with van der Waals surface area (Å²) in [5.41, 5.74) is 2.02. The lowest BCUT2D eigenvalue weighted by molar-refractivity contribution is -0.132. The molecule has 0 radical (unpaired) electrons. The van der Waals surface area contributed by atoms with Gasteiger partial charge in [-0.1, -0.05) is 13.0 Å². The van der Waals surface area contributed by atoms with Gasteiger partial charge in [-0.2, -0.15) is 0 Å². The third-order valence-corrected chi connectivity index (χ3v) is 4.48. The van der Waals surface area contributed by atoms with E-state index in [2.05, 4.69) is 16.8 Å². The molecule has 2 heterocycles. The number of hydrogen-bond acceptors (Lipinski definition) is 3. The number of nitrogens with zero attached hydrogens (tertiary/aromatic N) is 2. The molecule has 3 rings (SSSR count). The molecule has 0 aliphatic carbocycles. The van der Waals surface area contributed by atoms with Gasteiger partial charge in [-0.05, 0) is 24.2 Å². The van der Waals surface area contributed by atoms with Crippen LogP contribution in [0.2, 0.25) is 0 Å². The number of piperazine rings is 1. The Balaban J connectivity index is 1.75. The second kappa shape index (κ2) is 6.40. The van der Waals surface area contributed by atoms with Crippen LogP contribution in [0.25, 0.3) is 10.9 Å². The van der Waals surface area contributed by atoms with E-state index in [1.807, 2.05) is 29.3 Å². The standard InChI is InChI=1S/C17H23N3O2/c1-3-19-7-9-20(10-8-19)16(21)11-13-12-18-14-5-4-6-15(22-2)17(13)14/h4-6,12,18H,3,7-11H2,1-2H3. The maximum atomic E-state index is 12.6. The molecule has 1 amide bonds. The minimum atomic E-state index is 0.197. The van der Waals surface area contributed by atoms with Crippen LogP contribution in [0.1, 0.15) is 12.5 Å². The van der Waals surface area contributed by atoms with E-state index in [0.717, 1.165) is 54.9 Å². The molecule has 118 valence electrons. The predicted molar refractivity (Wildman–Crippen MR) is 87.2 cm³/mol. The fourth-order valence-corrected chi connectivity index (χ4v) is 3.12. The van der Waals surface area contributed by atoms with Crippen molar-refractivity contribution in [2.24, 2.45) is 0 Å². The van der Waals surface area contributed by atoms with E-state index in [1.165, 1.54) is 0 Å². The Morgan fingerprint density at radius 2 is 2.05 bits per heavy atom. The molecule has 0 bridgehead atoms. The summed E-state index contributed by atoms with van der Waals surface area (Å²) in [6.07, 6.45) is 2.35. The number of aromatic nitrogens is 1. The first-order valence-electron chi connectivity index (χ1n) is 7.86. The minimum absolute atomic E-state index is 0.197. The van der Waals surface area contributed by atoms with Crippen molar-refractivity contribution >= 4 is 16.8 Å². The molecule has 0 saturated carbocycles. The molecular weight excluding hydrogens is 278 g/mol. The van der Waals surface area contributed by atoms with Gasteiger partial charge in [-0.3, -0.25) is 4.79 Å². The molecule has 1 aromatic carbocycles. The number of benzene rings is 1. The van der Waals surface area contributed by atoms with Gasteiger partial charge < -0.3 is 19.5 Å². The number of rotatable bonds is 4. The van der Waals surface area contributed by atoms with Gasteiger partial charge in [0, 0.05) is 43.3 Å². The van der Waals surface area contributed by atoms with Crippen molar-refractivity contribution in [3.05, 3.63) is 30.0 Å². The van der Waals surface area contributed by atoms with Crippen LogP contribution < -0.4 is 4.74 Å². The summed E-state index contributed by atoms with van der Waals surface area (Å²) < 4.78 is 5.43. The molecule has 5 nitrogen and oxygen atoms in total. The SMILES string of the molecule is CCN1CCN(C(=O)Cc2c[nH]c3cccc(OC)c23)CC1. The third kappa shape index (κ3) is 2.81. The van der Waals surface area contributed by atoms with Crippen molar-refractivity contribution in [2.75, 3.05) is 39.8 Å². The Labute approximate surface area is 130 Å². The van der Waals surface area contributed by atoms with Gasteiger partial charge in [-0.15, -0.1) is 0 Å². The van der Waals surface area contributed by atoms with Gasteiger partial charge in [-0.25, -0.2) is 0 Å². The van der Waals surface area contributed by atoms with Crippen LogP contribution in [-0.2, 0) is 11.2 Å². The van der Waals surface area contributed by atoms with E-state index in [4.69, 9.17) is 4.74 Å². The lowest BCUT2D eigenvalue weighted by Gasteiger charge is -2.34. The average Bonchev–Trinajstić information content (AvgIpc) is 2.98. The highest BCUT2D eigenvalue weighted by Gasteiger charge is 2.21. The number of carbonyl (C=O) groups excluding carboxylic acids is 1. The van der Waals surface area contributed by atoms with Crippen LogP contribution in [0.15, 0.2) is 24.4 Å². The number of likely N-dealkylation sites (N-methyl/N-ethyl adjacent to an activating group) is 1. The second-order valence-corrected chi connectivity index (χ2v) is 5.69. The van der Waals surface area contributed by atoms with Crippen molar-refractivity contribution < 1.29 is 9.53 Å². The molecule has 0 atom stereocenters. The Hall–Kier alpha value is -2.01. The van der Waals surface area contributed by atoms with E-state index in [1.54, 1.807) is 7.11 Å². The first-order valence-corrected chi connectivity index (χ1v) is 7.86. The quantitative estimate of drug-likeness (QED) is 0.938. The number of methoxy groups -OCH3 is 1. The van der Waals surface area contributed by atoms with Crippen LogP contribution >= 0.6 is 0 Å². The number of aromatic amines is 1. The number of nitrogens with one attached hydrogen (secondary N) is 1. The highest BCUT2D eigenvalue weighted by molar-refractivity contribution is 5.93. The van der Waals surface area contributed by atoms with Crippen molar-refractivity contribution in [1.29, 1.82) is 0 Å². The summed E-state index contributed by atoms with van der Waals surface area (Å²) >= 11 is 0. The molecule has 1 aliphatic heterocycles. The van der Waals surface area contributed by atoms with Crippen LogP contribution in [0.3, 0.4) is 0 Å². The Bertz CT molecular complexity index is 657. The maximum absolute atomic E-state index is 12.6. The minimum Gasteiger partial charge on any atom is -0.496 e. The normalized spacial score (nSPS) is 16.2. The Morgan fingerprint density at radius 3 is 2.73 bits per heavy atom. The largest absolute Gasteiger partial charge is 0.496 e. The Kier molecular flexibility index (Phi) is 4.34. The first kappa shape index (κ1) is 14.9. The van der Waals surface area contributed by atoms with Gasteiger partial charge >= 0.3 is 0 Å². The predicted octanol–water partition coefficient (Wildman–Crippen LogP) is 1.88. The molecule has 1 fully saturated rings. The highest BCUT2D eigenvalue weighted by atomic mass is 16.5. The van der Waals surface area contributed by atoms with Crippen molar-refractivity contribution in [3.63, 3.8) is 0 Å². The zero-order chi connectivity index (χ0) is 15.5. The van der Waals surface area contributed by atoms with Gasteiger partial charge in [0.05, 0.1) is 13.5 Å². The number of fused-ring (bicyclic) bond motifs is 1. The molecule has 1 aromatic heterocycles. The topological polar surface area (TPSA) is 48.6 Å². The molecule has 22 heavy (non-hydrogen) atoms. The summed E-state index contributed by atoms with van der Waals surface area (Å²) in [6, 6.07) is 5.89. The van der Waals surface area contributed by atoms with E-state index in [0.29, 0.717) is 6.42 Å². The summed E-state index contributed by atoms with van der Waals surface area (Å²) in [7, 11) is 1.66. The third-order valence-electron chi connectivity index (χ3n) is 4.48. The molecule has 1 aliphatic rings. The number of amides is 1. The van der Waals surface area contributed by atoms with E-state index in [9.17, 15) is 4.79 Å². The van der Waals surface area contributed by atoms with Crippen molar-refractivity contribution in [3.8, 4) is 5.75 Å². The summed E-state index contributed by atoms with van der Waals surface area (Å²) in [5, 5.41) is 1.02.